The third-order valence-electron chi connectivity index (χ3n) is 4.50. The van der Waals surface area contributed by atoms with E-state index in [4.69, 9.17) is 0 Å². The standard InChI is InChI=1S/C20H17F7N4O4/c1-9(2)14(15(33)19(22,23)24)30-13(32)8-31-16(10-3-5-11(21)6-4-10)28-7-12(17(31)34)29-18(35)20(25,26)27/h3-7,9,14H,8H2,1-2H3,(H,29,35)(H,30,32). The number of Topliss-reactive ketones (excluding diaryl/α,β-unsaturated/α-hetero) is 1. The van der Waals surface area contributed by atoms with Crippen LogP contribution in [0.5, 0.6) is 0 Å². The fraction of sp³-hybridized carbons (Fsp3) is 0.350. The fourth-order valence-electron chi connectivity index (χ4n) is 2.82. The molecule has 0 bridgehead atoms. The molecule has 1 aromatic carbocycles. The van der Waals surface area contributed by atoms with Gasteiger partial charge in [-0.25, -0.2) is 9.37 Å². The zero-order valence-corrected chi connectivity index (χ0v) is 17.9. The number of benzene rings is 1. The number of rotatable bonds is 7. The molecule has 190 valence electrons. The summed E-state index contributed by atoms with van der Waals surface area (Å²) in [5.41, 5.74) is -2.34. The first kappa shape index (κ1) is 27.5. The second-order valence-corrected chi connectivity index (χ2v) is 7.50. The molecule has 0 aliphatic rings. The van der Waals surface area contributed by atoms with Crippen molar-refractivity contribution in [2.45, 2.75) is 38.8 Å². The number of anilines is 1. The molecule has 1 atom stereocenters. The maximum absolute atomic E-state index is 13.3. The van der Waals surface area contributed by atoms with Gasteiger partial charge in [-0.15, -0.1) is 0 Å². The number of nitrogens with zero attached hydrogens (tertiary/aromatic N) is 2. The summed E-state index contributed by atoms with van der Waals surface area (Å²) in [7, 11) is 0. The molecular formula is C20H17F7N4O4. The van der Waals surface area contributed by atoms with Crippen molar-refractivity contribution in [3.05, 3.63) is 46.6 Å². The maximum atomic E-state index is 13.3. The van der Waals surface area contributed by atoms with Crippen molar-refractivity contribution in [1.82, 2.24) is 14.9 Å². The first-order chi connectivity index (χ1) is 16.0. The van der Waals surface area contributed by atoms with E-state index in [1.54, 1.807) is 0 Å². The van der Waals surface area contributed by atoms with E-state index < -0.39 is 65.5 Å². The van der Waals surface area contributed by atoms with Crippen molar-refractivity contribution in [3.63, 3.8) is 0 Å². The highest BCUT2D eigenvalue weighted by Crippen LogP contribution is 2.22. The number of carbonyl (C=O) groups is 3. The molecule has 15 heteroatoms. The lowest BCUT2D eigenvalue weighted by Gasteiger charge is -2.23. The molecule has 0 saturated heterocycles. The largest absolute Gasteiger partial charge is 0.471 e. The maximum Gasteiger partial charge on any atom is 0.471 e. The van der Waals surface area contributed by atoms with Crippen molar-refractivity contribution in [2.75, 3.05) is 5.32 Å². The van der Waals surface area contributed by atoms with Crippen molar-refractivity contribution < 1.29 is 45.1 Å². The van der Waals surface area contributed by atoms with Crippen LogP contribution in [0.1, 0.15) is 13.8 Å². The van der Waals surface area contributed by atoms with E-state index in [1.165, 1.54) is 19.2 Å². The molecule has 1 unspecified atom stereocenters. The van der Waals surface area contributed by atoms with E-state index in [0.717, 1.165) is 24.3 Å². The number of nitrogens with one attached hydrogen (secondary N) is 2. The number of aromatic nitrogens is 2. The highest BCUT2D eigenvalue weighted by atomic mass is 19.4. The van der Waals surface area contributed by atoms with Crippen LogP contribution in [0.2, 0.25) is 0 Å². The van der Waals surface area contributed by atoms with Gasteiger partial charge in [-0.1, -0.05) is 13.8 Å². The van der Waals surface area contributed by atoms with Crippen LogP contribution in [0.15, 0.2) is 35.3 Å². The first-order valence-electron chi connectivity index (χ1n) is 9.66. The van der Waals surface area contributed by atoms with Crippen molar-refractivity contribution in [2.24, 2.45) is 5.92 Å². The van der Waals surface area contributed by atoms with Crippen molar-refractivity contribution in [1.29, 1.82) is 0 Å². The molecular weight excluding hydrogens is 493 g/mol. The Morgan fingerprint density at radius 2 is 1.57 bits per heavy atom. The van der Waals surface area contributed by atoms with Crippen LogP contribution < -0.4 is 16.2 Å². The molecule has 0 saturated carbocycles. The summed E-state index contributed by atoms with van der Waals surface area (Å²) >= 11 is 0. The topological polar surface area (TPSA) is 110 Å². The summed E-state index contributed by atoms with van der Waals surface area (Å²) in [6.07, 6.45) is -10.1. The average molecular weight is 510 g/mol. The van der Waals surface area contributed by atoms with Gasteiger partial charge < -0.3 is 10.6 Å². The summed E-state index contributed by atoms with van der Waals surface area (Å²) in [4.78, 5) is 51.9. The molecule has 0 aliphatic carbocycles. The molecule has 0 radical (unpaired) electrons. The summed E-state index contributed by atoms with van der Waals surface area (Å²) < 4.78 is 90.1. The monoisotopic (exact) mass is 510 g/mol. The summed E-state index contributed by atoms with van der Waals surface area (Å²) in [5, 5.41) is 3.14. The normalized spacial score (nSPS) is 12.9. The summed E-state index contributed by atoms with van der Waals surface area (Å²) in [5.74, 6) is -8.14. The lowest BCUT2D eigenvalue weighted by Crippen LogP contribution is -2.51. The van der Waals surface area contributed by atoms with E-state index in [1.807, 2.05) is 5.32 Å². The number of alkyl halides is 6. The van der Waals surface area contributed by atoms with Crippen LogP contribution in [0.3, 0.4) is 0 Å². The molecule has 2 rings (SSSR count). The van der Waals surface area contributed by atoms with Crippen LogP contribution >= 0.6 is 0 Å². The molecule has 0 fully saturated rings. The molecule has 0 aliphatic heterocycles. The van der Waals surface area contributed by atoms with Gasteiger partial charge in [-0.05, 0) is 30.2 Å². The predicted molar refractivity (Wildman–Crippen MR) is 106 cm³/mol. The number of amides is 2. The van der Waals surface area contributed by atoms with Gasteiger partial charge in [-0.3, -0.25) is 23.7 Å². The Labute approximate surface area is 192 Å². The van der Waals surface area contributed by atoms with E-state index in [0.29, 0.717) is 10.8 Å². The van der Waals surface area contributed by atoms with Gasteiger partial charge in [0, 0.05) is 5.56 Å². The zero-order chi connectivity index (χ0) is 26.7. The molecule has 2 N–H and O–H groups in total. The van der Waals surface area contributed by atoms with E-state index in [-0.39, 0.29) is 11.4 Å². The summed E-state index contributed by atoms with van der Waals surface area (Å²) in [6.45, 7) is 1.35. The Morgan fingerprint density at radius 1 is 1.00 bits per heavy atom. The number of hydrogen-bond donors (Lipinski definition) is 2. The van der Waals surface area contributed by atoms with Gasteiger partial charge in [0.15, 0.2) is 0 Å². The minimum Gasteiger partial charge on any atom is -0.344 e. The highest BCUT2D eigenvalue weighted by molar-refractivity contribution is 5.95. The minimum absolute atomic E-state index is 0.0109. The SMILES string of the molecule is CC(C)C(NC(=O)Cn1c(-c2ccc(F)cc2)ncc(NC(=O)C(F)(F)F)c1=O)C(=O)C(F)(F)F. The number of hydrogen-bond acceptors (Lipinski definition) is 5. The molecule has 2 aromatic rings. The van der Waals surface area contributed by atoms with E-state index >= 15 is 0 Å². The van der Waals surface area contributed by atoms with Gasteiger partial charge in [0.25, 0.3) is 11.3 Å². The quantitative estimate of drug-likeness (QED) is 0.557. The Balaban J connectivity index is 2.50. The number of carbonyl (C=O) groups excluding carboxylic acids is 3. The third kappa shape index (κ3) is 6.86. The van der Waals surface area contributed by atoms with Crippen LogP contribution in [0.4, 0.5) is 36.4 Å². The second-order valence-electron chi connectivity index (χ2n) is 7.50. The molecule has 1 heterocycles. The minimum atomic E-state index is -5.37. The van der Waals surface area contributed by atoms with Gasteiger partial charge >= 0.3 is 18.3 Å². The van der Waals surface area contributed by atoms with Crippen LogP contribution in [-0.4, -0.2) is 45.5 Å². The van der Waals surface area contributed by atoms with Crippen molar-refractivity contribution in [3.8, 4) is 11.4 Å². The zero-order valence-electron chi connectivity index (χ0n) is 17.9. The number of ketones is 1. The van der Waals surface area contributed by atoms with Crippen LogP contribution in [0, 0.1) is 11.7 Å². The Hall–Kier alpha value is -3.78. The Bertz CT molecular complexity index is 1170. The number of halogens is 7. The Kier molecular flexibility index (Phi) is 8.03. The van der Waals surface area contributed by atoms with Crippen LogP contribution in [0.25, 0.3) is 11.4 Å². The smallest absolute Gasteiger partial charge is 0.344 e. The fourth-order valence-corrected chi connectivity index (χ4v) is 2.82. The molecule has 1 aromatic heterocycles. The van der Waals surface area contributed by atoms with Crippen LogP contribution in [-0.2, 0) is 20.9 Å². The average Bonchev–Trinajstić information content (AvgIpc) is 2.73. The molecule has 8 nitrogen and oxygen atoms in total. The predicted octanol–water partition coefficient (Wildman–Crippen LogP) is 2.82. The van der Waals surface area contributed by atoms with Gasteiger partial charge in [0.05, 0.1) is 12.2 Å². The molecule has 35 heavy (non-hydrogen) atoms. The summed E-state index contributed by atoms with van der Waals surface area (Å²) in [6, 6.07) is 2.10. The lowest BCUT2D eigenvalue weighted by atomic mass is 9.99. The van der Waals surface area contributed by atoms with Gasteiger partial charge in [0.2, 0.25) is 5.91 Å². The second kappa shape index (κ2) is 10.2. The third-order valence-corrected chi connectivity index (χ3v) is 4.50. The van der Waals surface area contributed by atoms with E-state index in [9.17, 15) is 49.9 Å². The van der Waals surface area contributed by atoms with Gasteiger partial charge in [-0.2, -0.15) is 26.3 Å². The first-order valence-corrected chi connectivity index (χ1v) is 9.66. The van der Waals surface area contributed by atoms with Gasteiger partial charge in [0.1, 0.15) is 23.9 Å². The lowest BCUT2D eigenvalue weighted by molar-refractivity contribution is -0.174. The molecule has 2 amide bonds. The van der Waals surface area contributed by atoms with E-state index in [2.05, 4.69) is 4.98 Å². The van der Waals surface area contributed by atoms with Crippen molar-refractivity contribution >= 4 is 23.3 Å². The highest BCUT2D eigenvalue weighted by Gasteiger charge is 2.45. The Morgan fingerprint density at radius 3 is 2.06 bits per heavy atom. The molecule has 0 spiro atoms.